The van der Waals surface area contributed by atoms with Crippen LogP contribution in [0.15, 0.2) is 16.5 Å². The average molecular weight is 248 g/mol. The van der Waals surface area contributed by atoms with Crippen molar-refractivity contribution in [2.45, 2.75) is 38.6 Å². The van der Waals surface area contributed by atoms with E-state index in [1.807, 2.05) is 6.92 Å². The van der Waals surface area contributed by atoms with Crippen LogP contribution in [0.4, 0.5) is 0 Å². The number of hydrogen-bond donors (Lipinski definition) is 1. The van der Waals surface area contributed by atoms with Gasteiger partial charge < -0.3 is 9.73 Å². The molecule has 2 fully saturated rings. The SMILES string of the molecule is Cc1ccc([C@H](C2CCCC2)N2CCNCC2)o1. The summed E-state index contributed by atoms with van der Waals surface area (Å²) in [5.74, 6) is 3.04. The zero-order chi connectivity index (χ0) is 12.4. The summed E-state index contributed by atoms with van der Waals surface area (Å²) in [6, 6.07) is 4.82. The molecule has 3 heteroatoms. The molecule has 1 saturated heterocycles. The van der Waals surface area contributed by atoms with Gasteiger partial charge in [0, 0.05) is 26.2 Å². The number of piperazine rings is 1. The third-order valence-corrected chi connectivity index (χ3v) is 4.44. The Labute approximate surface area is 110 Å². The number of nitrogens with one attached hydrogen (secondary N) is 1. The summed E-state index contributed by atoms with van der Waals surface area (Å²) < 4.78 is 5.95. The summed E-state index contributed by atoms with van der Waals surface area (Å²) in [5.41, 5.74) is 0. The lowest BCUT2D eigenvalue weighted by Crippen LogP contribution is -2.46. The maximum atomic E-state index is 5.95. The van der Waals surface area contributed by atoms with E-state index in [1.54, 1.807) is 0 Å². The molecule has 100 valence electrons. The highest BCUT2D eigenvalue weighted by atomic mass is 16.3. The van der Waals surface area contributed by atoms with Gasteiger partial charge in [-0.2, -0.15) is 0 Å². The minimum absolute atomic E-state index is 0.517. The van der Waals surface area contributed by atoms with Crippen LogP contribution in [0.3, 0.4) is 0 Å². The van der Waals surface area contributed by atoms with E-state index in [1.165, 1.54) is 31.4 Å². The van der Waals surface area contributed by atoms with Crippen LogP contribution < -0.4 is 5.32 Å². The first kappa shape index (κ1) is 12.2. The maximum absolute atomic E-state index is 5.95. The summed E-state index contributed by atoms with van der Waals surface area (Å²) in [5, 5.41) is 3.44. The zero-order valence-corrected chi connectivity index (χ0v) is 11.3. The molecular weight excluding hydrogens is 224 g/mol. The van der Waals surface area contributed by atoms with Crippen molar-refractivity contribution in [1.29, 1.82) is 0 Å². The van der Waals surface area contributed by atoms with E-state index in [4.69, 9.17) is 4.42 Å². The molecule has 1 N–H and O–H groups in total. The van der Waals surface area contributed by atoms with Gasteiger partial charge in [-0.1, -0.05) is 12.8 Å². The highest BCUT2D eigenvalue weighted by Crippen LogP contribution is 2.40. The standard InChI is InChI=1S/C15H24N2O/c1-12-6-7-14(18-12)15(13-4-2-3-5-13)17-10-8-16-9-11-17/h6-7,13,15-16H,2-5,8-11H2,1H3/t15-/m0/s1. The van der Waals surface area contributed by atoms with Crippen LogP contribution in [-0.2, 0) is 0 Å². The van der Waals surface area contributed by atoms with Gasteiger partial charge in [0.2, 0.25) is 0 Å². The fourth-order valence-electron chi connectivity index (χ4n) is 3.56. The molecule has 2 aliphatic rings. The van der Waals surface area contributed by atoms with Crippen molar-refractivity contribution in [3.05, 3.63) is 23.7 Å². The molecule has 1 aliphatic heterocycles. The van der Waals surface area contributed by atoms with Gasteiger partial charge in [0.1, 0.15) is 11.5 Å². The first-order valence-corrected chi connectivity index (χ1v) is 7.36. The van der Waals surface area contributed by atoms with Gasteiger partial charge in [-0.05, 0) is 37.8 Å². The fraction of sp³-hybridized carbons (Fsp3) is 0.733. The molecule has 1 saturated carbocycles. The van der Waals surface area contributed by atoms with Crippen LogP contribution >= 0.6 is 0 Å². The molecule has 18 heavy (non-hydrogen) atoms. The monoisotopic (exact) mass is 248 g/mol. The summed E-state index contributed by atoms with van der Waals surface area (Å²) >= 11 is 0. The molecule has 3 nitrogen and oxygen atoms in total. The Bertz CT molecular complexity index is 376. The van der Waals surface area contributed by atoms with Crippen molar-refractivity contribution < 1.29 is 4.42 Å². The number of aryl methyl sites for hydroxylation is 1. The largest absolute Gasteiger partial charge is 0.465 e. The lowest BCUT2D eigenvalue weighted by Gasteiger charge is -2.37. The molecule has 0 aromatic carbocycles. The van der Waals surface area contributed by atoms with Crippen molar-refractivity contribution in [2.75, 3.05) is 26.2 Å². The fourth-order valence-corrected chi connectivity index (χ4v) is 3.56. The van der Waals surface area contributed by atoms with Crippen molar-refractivity contribution >= 4 is 0 Å². The Morgan fingerprint density at radius 3 is 2.56 bits per heavy atom. The zero-order valence-electron chi connectivity index (χ0n) is 11.3. The van der Waals surface area contributed by atoms with Crippen molar-refractivity contribution in [2.24, 2.45) is 5.92 Å². The molecule has 0 spiro atoms. The Balaban J connectivity index is 1.82. The molecule has 0 bridgehead atoms. The highest BCUT2D eigenvalue weighted by molar-refractivity contribution is 5.12. The van der Waals surface area contributed by atoms with E-state index in [0.29, 0.717) is 6.04 Å². The molecule has 1 aromatic heterocycles. The third kappa shape index (κ3) is 2.47. The van der Waals surface area contributed by atoms with Crippen LogP contribution in [-0.4, -0.2) is 31.1 Å². The van der Waals surface area contributed by atoms with Crippen LogP contribution in [0.2, 0.25) is 0 Å². The van der Waals surface area contributed by atoms with Gasteiger partial charge >= 0.3 is 0 Å². The van der Waals surface area contributed by atoms with Gasteiger partial charge in [-0.3, -0.25) is 4.90 Å². The summed E-state index contributed by atoms with van der Waals surface area (Å²) in [6.07, 6.45) is 5.53. The third-order valence-electron chi connectivity index (χ3n) is 4.44. The predicted octanol–water partition coefficient (Wildman–Crippen LogP) is 2.72. The van der Waals surface area contributed by atoms with Crippen LogP contribution in [0.1, 0.15) is 43.2 Å². The topological polar surface area (TPSA) is 28.4 Å². The molecule has 2 heterocycles. The lowest BCUT2D eigenvalue weighted by molar-refractivity contribution is 0.107. The van der Waals surface area contributed by atoms with Gasteiger partial charge in [0.25, 0.3) is 0 Å². The second-order valence-corrected chi connectivity index (χ2v) is 5.72. The Morgan fingerprint density at radius 1 is 1.22 bits per heavy atom. The quantitative estimate of drug-likeness (QED) is 0.891. The Kier molecular flexibility index (Phi) is 3.71. The Hall–Kier alpha value is -0.800. The summed E-state index contributed by atoms with van der Waals surface area (Å²) in [7, 11) is 0. The van der Waals surface area contributed by atoms with Crippen LogP contribution in [0, 0.1) is 12.8 Å². The van der Waals surface area contributed by atoms with Crippen molar-refractivity contribution in [3.8, 4) is 0 Å². The van der Waals surface area contributed by atoms with E-state index >= 15 is 0 Å². The average Bonchev–Trinajstić information content (AvgIpc) is 3.04. The normalized spacial score (nSPS) is 24.5. The highest BCUT2D eigenvalue weighted by Gasteiger charge is 2.33. The number of nitrogens with zero attached hydrogens (tertiary/aromatic N) is 1. The number of furan rings is 1. The maximum Gasteiger partial charge on any atom is 0.121 e. The van der Waals surface area contributed by atoms with Crippen molar-refractivity contribution in [1.82, 2.24) is 10.2 Å². The second-order valence-electron chi connectivity index (χ2n) is 5.72. The molecule has 1 aliphatic carbocycles. The first-order chi connectivity index (χ1) is 8.84. The summed E-state index contributed by atoms with van der Waals surface area (Å²) in [6.45, 7) is 6.58. The minimum Gasteiger partial charge on any atom is -0.465 e. The first-order valence-electron chi connectivity index (χ1n) is 7.36. The smallest absolute Gasteiger partial charge is 0.121 e. The minimum atomic E-state index is 0.517. The van der Waals surface area contributed by atoms with E-state index in [0.717, 1.165) is 37.9 Å². The van der Waals surface area contributed by atoms with E-state index < -0.39 is 0 Å². The second kappa shape index (κ2) is 5.45. The van der Waals surface area contributed by atoms with Crippen LogP contribution in [0.25, 0.3) is 0 Å². The molecular formula is C15H24N2O. The van der Waals surface area contributed by atoms with Gasteiger partial charge in [-0.15, -0.1) is 0 Å². The predicted molar refractivity (Wildman–Crippen MR) is 72.6 cm³/mol. The van der Waals surface area contributed by atoms with Gasteiger partial charge in [-0.25, -0.2) is 0 Å². The van der Waals surface area contributed by atoms with E-state index in [9.17, 15) is 0 Å². The molecule has 3 rings (SSSR count). The van der Waals surface area contributed by atoms with E-state index in [2.05, 4.69) is 22.3 Å². The molecule has 1 aromatic rings. The van der Waals surface area contributed by atoms with Gasteiger partial charge in [0.05, 0.1) is 6.04 Å². The molecule has 0 amide bonds. The molecule has 1 atom stereocenters. The number of rotatable bonds is 3. The van der Waals surface area contributed by atoms with Gasteiger partial charge in [0.15, 0.2) is 0 Å². The summed E-state index contributed by atoms with van der Waals surface area (Å²) in [4.78, 5) is 2.63. The van der Waals surface area contributed by atoms with E-state index in [-0.39, 0.29) is 0 Å². The van der Waals surface area contributed by atoms with Crippen LogP contribution in [0.5, 0.6) is 0 Å². The number of hydrogen-bond acceptors (Lipinski definition) is 3. The lowest BCUT2D eigenvalue weighted by atomic mass is 9.94. The Morgan fingerprint density at radius 2 is 1.94 bits per heavy atom. The molecule has 0 radical (unpaired) electrons. The molecule has 0 unspecified atom stereocenters. The van der Waals surface area contributed by atoms with Crippen molar-refractivity contribution in [3.63, 3.8) is 0 Å².